The Morgan fingerprint density at radius 1 is 1.20 bits per heavy atom. The van der Waals surface area contributed by atoms with Crippen molar-refractivity contribution >= 4 is 22.6 Å². The Kier molecular flexibility index (Phi) is 3.35. The van der Waals surface area contributed by atoms with Gasteiger partial charge in [0.2, 0.25) is 0 Å². The summed E-state index contributed by atoms with van der Waals surface area (Å²) in [6.45, 7) is 2.02. The first-order valence-corrected chi connectivity index (χ1v) is 10.3. The molecule has 0 radical (unpaired) electrons. The molecule has 2 aliphatic heterocycles. The van der Waals surface area contributed by atoms with Crippen molar-refractivity contribution < 1.29 is 14.6 Å². The summed E-state index contributed by atoms with van der Waals surface area (Å²) >= 11 is 0. The first kappa shape index (κ1) is 17.7. The van der Waals surface area contributed by atoms with Crippen LogP contribution in [0, 0.1) is 0 Å². The Bertz CT molecular complexity index is 1360. The van der Waals surface area contributed by atoms with Crippen LogP contribution >= 0.6 is 0 Å². The highest BCUT2D eigenvalue weighted by molar-refractivity contribution is 5.94. The van der Waals surface area contributed by atoms with Crippen LogP contribution in [0.2, 0.25) is 0 Å². The Labute approximate surface area is 172 Å². The number of fused-ring (bicyclic) bond motifs is 5. The minimum atomic E-state index is -1.81. The quantitative estimate of drug-likeness (QED) is 0.372. The number of aliphatic hydroxyl groups is 1. The van der Waals surface area contributed by atoms with Crippen molar-refractivity contribution in [1.29, 1.82) is 0 Å². The number of esters is 1. The van der Waals surface area contributed by atoms with Gasteiger partial charge in [0.15, 0.2) is 5.60 Å². The summed E-state index contributed by atoms with van der Waals surface area (Å²) in [5.74, 6) is -0.707. The lowest BCUT2D eigenvalue weighted by Crippen LogP contribution is -2.44. The van der Waals surface area contributed by atoms with Crippen molar-refractivity contribution in [3.05, 3.63) is 56.4 Å². The van der Waals surface area contributed by atoms with E-state index < -0.39 is 11.6 Å². The number of rotatable bonds is 1. The van der Waals surface area contributed by atoms with Crippen molar-refractivity contribution in [2.75, 3.05) is 5.73 Å². The van der Waals surface area contributed by atoms with Gasteiger partial charge < -0.3 is 20.1 Å². The number of nitrogen functional groups attached to an aromatic ring is 1. The molecular weight excluding hydrogens is 382 g/mol. The van der Waals surface area contributed by atoms with Gasteiger partial charge in [-0.25, -0.2) is 9.78 Å². The highest BCUT2D eigenvalue weighted by Crippen LogP contribution is 2.43. The standard InChI is InChI=1S/C23H21N3O4/c1-2-23(29)15-8-18-20-13(9-26(18)21(27)14(15)10-30-22(23)28)11-4-3-5-12-16(24)6-7-17(25-20)19(11)12/h6-8,29H,2-5,9-10,24H2,1H3/t23-/m0/s1. The number of hydrogen-bond donors (Lipinski definition) is 2. The van der Waals surface area contributed by atoms with Crippen LogP contribution in [0.25, 0.3) is 22.3 Å². The first-order chi connectivity index (χ1) is 14.4. The van der Waals surface area contributed by atoms with Crippen LogP contribution in [0.3, 0.4) is 0 Å². The molecule has 1 aromatic carbocycles. The Hall–Kier alpha value is -3.19. The lowest BCUT2D eigenvalue weighted by molar-refractivity contribution is -0.172. The van der Waals surface area contributed by atoms with Crippen molar-refractivity contribution in [3.63, 3.8) is 0 Å². The number of carbonyl (C=O) groups excluding carboxylic acids is 1. The summed E-state index contributed by atoms with van der Waals surface area (Å²) < 4.78 is 6.84. The number of carbonyl (C=O) groups is 1. The van der Waals surface area contributed by atoms with E-state index >= 15 is 0 Å². The molecule has 0 amide bonds. The van der Waals surface area contributed by atoms with E-state index in [1.807, 2.05) is 12.1 Å². The van der Waals surface area contributed by atoms with E-state index in [2.05, 4.69) is 0 Å². The summed E-state index contributed by atoms with van der Waals surface area (Å²) in [7, 11) is 0. The van der Waals surface area contributed by atoms with Gasteiger partial charge in [-0.1, -0.05) is 6.92 Å². The van der Waals surface area contributed by atoms with Crippen molar-refractivity contribution in [2.24, 2.45) is 0 Å². The van der Waals surface area contributed by atoms with Gasteiger partial charge in [0, 0.05) is 22.2 Å². The van der Waals surface area contributed by atoms with Gasteiger partial charge in [0.05, 0.1) is 29.0 Å². The maximum Gasteiger partial charge on any atom is 0.343 e. The van der Waals surface area contributed by atoms with Gasteiger partial charge in [-0.2, -0.15) is 0 Å². The van der Waals surface area contributed by atoms with Crippen LogP contribution in [0.5, 0.6) is 0 Å². The molecule has 0 spiro atoms. The summed E-state index contributed by atoms with van der Waals surface area (Å²) in [6, 6.07) is 5.59. The molecule has 0 saturated heterocycles. The van der Waals surface area contributed by atoms with Gasteiger partial charge >= 0.3 is 5.97 Å². The predicted octanol–water partition coefficient (Wildman–Crippen LogP) is 2.15. The van der Waals surface area contributed by atoms with Crippen LogP contribution in [-0.2, 0) is 41.1 Å². The molecule has 7 nitrogen and oxygen atoms in total. The van der Waals surface area contributed by atoms with Crippen molar-refractivity contribution in [3.8, 4) is 11.4 Å². The molecule has 30 heavy (non-hydrogen) atoms. The molecule has 3 aliphatic rings. The van der Waals surface area contributed by atoms with E-state index in [0.717, 1.165) is 52.7 Å². The molecule has 0 bridgehead atoms. The van der Waals surface area contributed by atoms with Crippen LogP contribution < -0.4 is 11.3 Å². The van der Waals surface area contributed by atoms with Gasteiger partial charge in [0.1, 0.15) is 6.61 Å². The van der Waals surface area contributed by atoms with E-state index in [1.165, 1.54) is 5.56 Å². The number of hydrogen-bond acceptors (Lipinski definition) is 6. The molecule has 7 heteroatoms. The van der Waals surface area contributed by atoms with Crippen LogP contribution in [0.15, 0.2) is 23.0 Å². The zero-order valence-corrected chi connectivity index (χ0v) is 16.6. The summed E-state index contributed by atoms with van der Waals surface area (Å²) in [5.41, 5.74) is 11.4. The summed E-state index contributed by atoms with van der Waals surface area (Å²) in [5, 5.41) is 12.1. The summed E-state index contributed by atoms with van der Waals surface area (Å²) in [4.78, 5) is 30.5. The molecule has 3 N–H and O–H groups in total. The molecule has 1 atom stereocenters. The molecule has 152 valence electrons. The third-order valence-electron chi connectivity index (χ3n) is 6.97. The van der Waals surface area contributed by atoms with E-state index in [9.17, 15) is 14.7 Å². The van der Waals surface area contributed by atoms with Gasteiger partial charge in [-0.05, 0) is 55.0 Å². The van der Waals surface area contributed by atoms with E-state index in [1.54, 1.807) is 17.6 Å². The molecule has 0 unspecified atom stereocenters. The molecule has 3 aromatic rings. The minimum Gasteiger partial charge on any atom is -0.458 e. The smallest absolute Gasteiger partial charge is 0.343 e. The normalized spacial score (nSPS) is 21.2. The molecule has 1 aliphatic carbocycles. The van der Waals surface area contributed by atoms with Gasteiger partial charge in [0.25, 0.3) is 5.56 Å². The van der Waals surface area contributed by atoms with E-state index in [0.29, 0.717) is 23.4 Å². The van der Waals surface area contributed by atoms with E-state index in [-0.39, 0.29) is 18.6 Å². The highest BCUT2D eigenvalue weighted by atomic mass is 16.6. The molecule has 0 saturated carbocycles. The number of nitrogens with two attached hydrogens (primary N) is 1. The van der Waals surface area contributed by atoms with Crippen LogP contribution in [-0.4, -0.2) is 20.6 Å². The Morgan fingerprint density at radius 3 is 2.80 bits per heavy atom. The summed E-state index contributed by atoms with van der Waals surface area (Å²) in [6.07, 6.45) is 2.99. The highest BCUT2D eigenvalue weighted by Gasteiger charge is 2.45. The average Bonchev–Trinajstić information content (AvgIpc) is 3.13. The lowest BCUT2D eigenvalue weighted by atomic mass is 9.85. The number of nitrogens with zero attached hydrogens (tertiary/aromatic N) is 2. The zero-order chi connectivity index (χ0) is 20.8. The zero-order valence-electron chi connectivity index (χ0n) is 16.6. The fraction of sp³-hybridized carbons (Fsp3) is 0.348. The fourth-order valence-corrected chi connectivity index (χ4v) is 5.34. The maximum absolute atomic E-state index is 13.3. The third-order valence-corrected chi connectivity index (χ3v) is 6.97. The molecule has 2 aromatic heterocycles. The van der Waals surface area contributed by atoms with Crippen molar-refractivity contribution in [1.82, 2.24) is 9.55 Å². The molecule has 6 rings (SSSR count). The number of benzene rings is 1. The molecule has 0 fully saturated rings. The lowest BCUT2D eigenvalue weighted by Gasteiger charge is -2.31. The average molecular weight is 403 g/mol. The number of cyclic esters (lactones) is 1. The fourth-order valence-electron chi connectivity index (χ4n) is 5.34. The van der Waals surface area contributed by atoms with Crippen LogP contribution in [0.4, 0.5) is 5.69 Å². The maximum atomic E-state index is 13.3. The number of aryl methyl sites for hydroxylation is 2. The van der Waals surface area contributed by atoms with Crippen molar-refractivity contribution in [2.45, 2.75) is 51.4 Å². The number of anilines is 1. The second-order valence-corrected chi connectivity index (χ2v) is 8.40. The van der Waals surface area contributed by atoms with Gasteiger partial charge in [-0.3, -0.25) is 4.79 Å². The SMILES string of the molecule is CC[C@@]1(O)C(=O)OCc2c1cc1n(c2=O)Cc2c-1nc1ccc(N)c3c1c2CCC3. The Morgan fingerprint density at radius 2 is 2.00 bits per heavy atom. The minimum absolute atomic E-state index is 0.116. The second-order valence-electron chi connectivity index (χ2n) is 8.40. The number of pyridine rings is 2. The second kappa shape index (κ2) is 5.70. The largest absolute Gasteiger partial charge is 0.458 e. The molecule has 4 heterocycles. The number of aromatic nitrogens is 2. The molecular formula is C23H21N3O4. The Balaban J connectivity index is 1.68. The first-order valence-electron chi connectivity index (χ1n) is 10.3. The number of ether oxygens (including phenoxy) is 1. The topological polar surface area (TPSA) is 107 Å². The predicted molar refractivity (Wildman–Crippen MR) is 111 cm³/mol. The van der Waals surface area contributed by atoms with Crippen LogP contribution in [0.1, 0.15) is 47.6 Å². The third kappa shape index (κ3) is 2.00. The monoisotopic (exact) mass is 403 g/mol. The van der Waals surface area contributed by atoms with E-state index in [4.69, 9.17) is 15.5 Å². The van der Waals surface area contributed by atoms with Gasteiger partial charge in [-0.15, -0.1) is 0 Å².